The molecule has 5 nitrogen and oxygen atoms in total. The highest BCUT2D eigenvalue weighted by atomic mass is 32.2. The third-order valence-electron chi connectivity index (χ3n) is 3.75. The van der Waals surface area contributed by atoms with Crippen molar-refractivity contribution in [1.29, 1.82) is 0 Å². The molecule has 118 valence electrons. The van der Waals surface area contributed by atoms with Gasteiger partial charge < -0.3 is 4.42 Å². The minimum absolute atomic E-state index is 0.00134. The lowest BCUT2D eigenvalue weighted by Crippen LogP contribution is -2.36. The summed E-state index contributed by atoms with van der Waals surface area (Å²) in [6, 6.07) is 14.0. The first kappa shape index (κ1) is 15.3. The van der Waals surface area contributed by atoms with Crippen molar-refractivity contribution in [2.24, 2.45) is 0 Å². The first-order chi connectivity index (χ1) is 10.5. The van der Waals surface area contributed by atoms with Crippen molar-refractivity contribution in [3.63, 3.8) is 0 Å². The number of nitrogens with zero attached hydrogens (tertiary/aromatic N) is 1. The summed E-state index contributed by atoms with van der Waals surface area (Å²) in [5.41, 5.74) is 1.06. The van der Waals surface area contributed by atoms with Crippen LogP contribution in [0.3, 0.4) is 0 Å². The normalized spacial score (nSPS) is 19.6. The summed E-state index contributed by atoms with van der Waals surface area (Å²) in [6.45, 7) is 2.29. The van der Waals surface area contributed by atoms with Crippen LogP contribution < -0.4 is 4.72 Å². The van der Waals surface area contributed by atoms with Crippen molar-refractivity contribution in [1.82, 2.24) is 9.62 Å². The highest BCUT2D eigenvalue weighted by molar-refractivity contribution is 7.88. The maximum atomic E-state index is 11.3. The van der Waals surface area contributed by atoms with Crippen molar-refractivity contribution in [3.8, 4) is 11.3 Å². The molecule has 0 amide bonds. The zero-order valence-electron chi connectivity index (χ0n) is 12.5. The summed E-state index contributed by atoms with van der Waals surface area (Å²) in [5.74, 6) is 1.76. The van der Waals surface area contributed by atoms with Crippen LogP contribution in [0.15, 0.2) is 46.9 Å². The lowest BCUT2D eigenvalue weighted by Gasteiger charge is -2.14. The molecule has 1 fully saturated rings. The van der Waals surface area contributed by atoms with Crippen LogP contribution in [0.25, 0.3) is 11.3 Å². The highest BCUT2D eigenvalue weighted by Crippen LogP contribution is 2.23. The van der Waals surface area contributed by atoms with Crippen LogP contribution in [-0.4, -0.2) is 38.7 Å². The summed E-state index contributed by atoms with van der Waals surface area (Å²) < 4.78 is 31.1. The number of furan rings is 1. The molecule has 3 rings (SSSR count). The Labute approximate surface area is 131 Å². The largest absolute Gasteiger partial charge is 0.460 e. The van der Waals surface area contributed by atoms with E-state index in [9.17, 15) is 8.42 Å². The second kappa shape index (κ2) is 6.24. The lowest BCUT2D eigenvalue weighted by atomic mass is 10.2. The average Bonchev–Trinajstić information content (AvgIpc) is 3.08. The zero-order valence-corrected chi connectivity index (χ0v) is 13.3. The molecule has 1 aromatic heterocycles. The molecule has 0 unspecified atom stereocenters. The van der Waals surface area contributed by atoms with Crippen LogP contribution in [0.2, 0.25) is 0 Å². The fourth-order valence-corrected chi connectivity index (χ4v) is 3.61. The Balaban J connectivity index is 1.60. The topological polar surface area (TPSA) is 62.6 Å². The Morgan fingerprint density at radius 1 is 1.23 bits per heavy atom. The molecule has 0 radical (unpaired) electrons. The summed E-state index contributed by atoms with van der Waals surface area (Å²) in [7, 11) is -3.14. The van der Waals surface area contributed by atoms with Gasteiger partial charge in [0, 0.05) is 24.7 Å². The number of rotatable bonds is 5. The molecule has 1 saturated heterocycles. The molecular weight excluding hydrogens is 300 g/mol. The first-order valence-corrected chi connectivity index (χ1v) is 9.22. The number of hydrogen-bond donors (Lipinski definition) is 1. The smallest absolute Gasteiger partial charge is 0.208 e. The number of hydrogen-bond acceptors (Lipinski definition) is 4. The third-order valence-corrected chi connectivity index (χ3v) is 4.51. The van der Waals surface area contributed by atoms with E-state index in [4.69, 9.17) is 4.42 Å². The van der Waals surface area contributed by atoms with Gasteiger partial charge in [0.25, 0.3) is 0 Å². The summed E-state index contributed by atoms with van der Waals surface area (Å²) in [6.07, 6.45) is 2.04. The van der Waals surface area contributed by atoms with Gasteiger partial charge in [0.15, 0.2) is 0 Å². The van der Waals surface area contributed by atoms with Crippen LogP contribution in [-0.2, 0) is 16.6 Å². The predicted molar refractivity (Wildman–Crippen MR) is 85.8 cm³/mol. The van der Waals surface area contributed by atoms with Gasteiger partial charge in [0.1, 0.15) is 11.5 Å². The Morgan fingerprint density at radius 3 is 2.73 bits per heavy atom. The molecule has 0 spiro atoms. The van der Waals surface area contributed by atoms with Crippen LogP contribution in [0.1, 0.15) is 12.2 Å². The molecule has 2 heterocycles. The van der Waals surface area contributed by atoms with E-state index in [2.05, 4.69) is 9.62 Å². The quantitative estimate of drug-likeness (QED) is 0.916. The van der Waals surface area contributed by atoms with E-state index in [-0.39, 0.29) is 6.04 Å². The van der Waals surface area contributed by atoms with Gasteiger partial charge in [-0.25, -0.2) is 13.1 Å². The van der Waals surface area contributed by atoms with Crippen LogP contribution in [0.5, 0.6) is 0 Å². The van der Waals surface area contributed by atoms with Gasteiger partial charge in [-0.1, -0.05) is 30.3 Å². The number of nitrogens with one attached hydrogen (secondary N) is 1. The summed E-state index contributed by atoms with van der Waals surface area (Å²) >= 11 is 0. The van der Waals surface area contributed by atoms with E-state index in [1.807, 2.05) is 42.5 Å². The lowest BCUT2D eigenvalue weighted by molar-refractivity contribution is 0.294. The monoisotopic (exact) mass is 320 g/mol. The average molecular weight is 320 g/mol. The van der Waals surface area contributed by atoms with Gasteiger partial charge in [0.2, 0.25) is 10.0 Å². The van der Waals surface area contributed by atoms with Gasteiger partial charge in [-0.3, -0.25) is 4.90 Å². The standard InChI is InChI=1S/C16H20N2O3S/c1-22(19,20)17-14-9-10-18(11-14)12-15-7-8-16(21-15)13-5-3-2-4-6-13/h2-8,14,17H,9-12H2,1H3/t14-/m1/s1. The Morgan fingerprint density at radius 2 is 2.00 bits per heavy atom. The molecule has 1 aliphatic rings. The van der Waals surface area contributed by atoms with Crippen LogP contribution in [0.4, 0.5) is 0 Å². The van der Waals surface area contributed by atoms with E-state index in [1.54, 1.807) is 0 Å². The van der Waals surface area contributed by atoms with Gasteiger partial charge in [-0.15, -0.1) is 0 Å². The summed E-state index contributed by atoms with van der Waals surface area (Å²) in [5, 5.41) is 0. The van der Waals surface area contributed by atoms with E-state index < -0.39 is 10.0 Å². The molecule has 0 bridgehead atoms. The number of sulfonamides is 1. The fourth-order valence-electron chi connectivity index (χ4n) is 2.82. The van der Waals surface area contributed by atoms with Crippen molar-refractivity contribution in [2.45, 2.75) is 19.0 Å². The van der Waals surface area contributed by atoms with Crippen LogP contribution >= 0.6 is 0 Å². The second-order valence-corrected chi connectivity index (χ2v) is 7.52. The van der Waals surface area contributed by atoms with Gasteiger partial charge in [-0.05, 0) is 18.6 Å². The van der Waals surface area contributed by atoms with Crippen molar-refractivity contribution in [3.05, 3.63) is 48.2 Å². The van der Waals surface area contributed by atoms with Gasteiger partial charge in [-0.2, -0.15) is 0 Å². The molecular formula is C16H20N2O3S. The highest BCUT2D eigenvalue weighted by Gasteiger charge is 2.25. The van der Waals surface area contributed by atoms with Crippen molar-refractivity contribution < 1.29 is 12.8 Å². The minimum atomic E-state index is -3.14. The molecule has 22 heavy (non-hydrogen) atoms. The maximum absolute atomic E-state index is 11.3. The SMILES string of the molecule is CS(=O)(=O)N[C@@H]1CCN(Cc2ccc(-c3ccccc3)o2)C1. The molecule has 6 heteroatoms. The molecule has 1 aliphatic heterocycles. The predicted octanol–water partition coefficient (Wildman–Crippen LogP) is 2.07. The number of likely N-dealkylation sites (tertiary alicyclic amines) is 1. The first-order valence-electron chi connectivity index (χ1n) is 7.33. The molecule has 1 N–H and O–H groups in total. The number of benzene rings is 1. The molecule has 0 aliphatic carbocycles. The molecule has 1 aromatic carbocycles. The fraction of sp³-hybridized carbons (Fsp3) is 0.375. The zero-order chi connectivity index (χ0) is 15.6. The molecule has 1 atom stereocenters. The van der Waals surface area contributed by atoms with E-state index in [1.165, 1.54) is 6.26 Å². The van der Waals surface area contributed by atoms with E-state index in [0.717, 1.165) is 30.0 Å². The minimum Gasteiger partial charge on any atom is -0.460 e. The Bertz CT molecular complexity index is 725. The van der Waals surface area contributed by atoms with E-state index >= 15 is 0 Å². The second-order valence-electron chi connectivity index (χ2n) is 5.74. The van der Waals surface area contributed by atoms with E-state index in [0.29, 0.717) is 13.1 Å². The van der Waals surface area contributed by atoms with Crippen molar-refractivity contribution in [2.75, 3.05) is 19.3 Å². The molecule has 2 aromatic rings. The maximum Gasteiger partial charge on any atom is 0.208 e. The molecule has 0 saturated carbocycles. The third kappa shape index (κ3) is 3.97. The van der Waals surface area contributed by atoms with Gasteiger partial charge >= 0.3 is 0 Å². The van der Waals surface area contributed by atoms with Gasteiger partial charge in [0.05, 0.1) is 12.8 Å². The van der Waals surface area contributed by atoms with Crippen molar-refractivity contribution >= 4 is 10.0 Å². The summed E-state index contributed by atoms with van der Waals surface area (Å²) in [4.78, 5) is 2.20. The Kier molecular flexibility index (Phi) is 4.33. The Hall–Kier alpha value is -1.63. The van der Waals surface area contributed by atoms with Crippen LogP contribution in [0, 0.1) is 0 Å².